The highest BCUT2D eigenvalue weighted by molar-refractivity contribution is 5.95. The number of aromatic amines is 1. The fourth-order valence-corrected chi connectivity index (χ4v) is 3.30. The van der Waals surface area contributed by atoms with E-state index in [1.807, 2.05) is 31.0 Å². The van der Waals surface area contributed by atoms with E-state index in [1.165, 1.54) is 0 Å². The molecule has 2 atom stereocenters. The summed E-state index contributed by atoms with van der Waals surface area (Å²) in [7, 11) is 1.82. The Balaban J connectivity index is 1.50. The van der Waals surface area contributed by atoms with Gasteiger partial charge in [-0.15, -0.1) is 0 Å². The molecule has 27 heavy (non-hydrogen) atoms. The minimum Gasteiger partial charge on any atom is -0.331 e. The number of halogens is 1. The summed E-state index contributed by atoms with van der Waals surface area (Å²) < 4.78 is 13.8. The van der Waals surface area contributed by atoms with Crippen molar-refractivity contribution in [3.8, 4) is 11.3 Å². The number of hydrogen-bond acceptors (Lipinski definition) is 5. The molecular weight excluding hydrogens is 349 g/mol. The van der Waals surface area contributed by atoms with E-state index >= 15 is 0 Å². The molecule has 0 radical (unpaired) electrons. The number of anilines is 1. The molecule has 0 aromatic carbocycles. The number of hydrogen-bond donors (Lipinski definition) is 3. The van der Waals surface area contributed by atoms with Gasteiger partial charge in [-0.25, -0.2) is 14.2 Å². The van der Waals surface area contributed by atoms with Crippen molar-refractivity contribution in [3.05, 3.63) is 36.3 Å². The number of nitrogens with one attached hydrogen (secondary N) is 3. The third-order valence-electron chi connectivity index (χ3n) is 4.61. The third kappa shape index (κ3) is 3.59. The Morgan fingerprint density at radius 3 is 2.93 bits per heavy atom. The number of carbonyl (C=O) groups is 1. The normalized spacial score (nSPS) is 20.1. The number of aromatic nitrogens is 4. The van der Waals surface area contributed by atoms with Crippen LogP contribution in [0.4, 0.5) is 15.0 Å². The van der Waals surface area contributed by atoms with Crippen molar-refractivity contribution in [1.29, 1.82) is 0 Å². The van der Waals surface area contributed by atoms with Crippen molar-refractivity contribution in [2.24, 2.45) is 0 Å². The number of pyridine rings is 2. The minimum atomic E-state index is -1.07. The van der Waals surface area contributed by atoms with Crippen molar-refractivity contribution in [3.63, 3.8) is 0 Å². The molecule has 0 spiro atoms. The zero-order valence-corrected chi connectivity index (χ0v) is 15.0. The van der Waals surface area contributed by atoms with E-state index in [-0.39, 0.29) is 0 Å². The fraction of sp³-hybridized carbons (Fsp3) is 0.333. The Hall–Kier alpha value is -3.07. The second kappa shape index (κ2) is 6.92. The van der Waals surface area contributed by atoms with Gasteiger partial charge in [0.1, 0.15) is 17.7 Å². The molecule has 140 valence electrons. The van der Waals surface area contributed by atoms with Crippen molar-refractivity contribution >= 4 is 22.8 Å². The molecule has 4 rings (SSSR count). The van der Waals surface area contributed by atoms with Gasteiger partial charge in [0.2, 0.25) is 0 Å². The molecule has 1 saturated heterocycles. The van der Waals surface area contributed by atoms with Crippen LogP contribution < -0.4 is 10.6 Å². The van der Waals surface area contributed by atoms with Crippen LogP contribution in [0.2, 0.25) is 0 Å². The van der Waals surface area contributed by atoms with Crippen LogP contribution in [0.25, 0.3) is 22.2 Å². The fourth-order valence-electron chi connectivity index (χ4n) is 3.30. The van der Waals surface area contributed by atoms with Gasteiger partial charge < -0.3 is 10.2 Å². The largest absolute Gasteiger partial charge is 0.331 e. The number of likely N-dealkylation sites (tertiary alicyclic amines) is 1. The number of amides is 2. The van der Waals surface area contributed by atoms with Gasteiger partial charge >= 0.3 is 6.03 Å². The number of carbonyl (C=O) groups excluding carboxylic acids is 1. The van der Waals surface area contributed by atoms with E-state index in [0.29, 0.717) is 18.9 Å². The molecule has 4 heterocycles. The smallest absolute Gasteiger partial charge is 0.320 e. The van der Waals surface area contributed by atoms with Crippen LogP contribution >= 0.6 is 0 Å². The first-order valence-electron chi connectivity index (χ1n) is 8.67. The van der Waals surface area contributed by atoms with Gasteiger partial charge in [-0.2, -0.15) is 5.10 Å². The maximum absolute atomic E-state index is 13.8. The molecule has 3 aromatic heterocycles. The first kappa shape index (κ1) is 17.3. The highest BCUT2D eigenvalue weighted by Gasteiger charge is 2.31. The molecule has 1 fully saturated rings. The number of rotatable bonds is 3. The van der Waals surface area contributed by atoms with Gasteiger partial charge in [0.05, 0.1) is 11.6 Å². The Bertz CT molecular complexity index is 989. The second-order valence-corrected chi connectivity index (χ2v) is 6.82. The van der Waals surface area contributed by atoms with Crippen molar-refractivity contribution in [2.75, 3.05) is 25.5 Å². The zero-order valence-electron chi connectivity index (χ0n) is 15.0. The average molecular weight is 369 g/mol. The summed E-state index contributed by atoms with van der Waals surface area (Å²) in [6, 6.07) is 4.53. The molecule has 1 aliphatic heterocycles. The lowest BCUT2D eigenvalue weighted by molar-refractivity contribution is 0.239. The van der Waals surface area contributed by atoms with E-state index in [4.69, 9.17) is 0 Å². The monoisotopic (exact) mass is 369 g/mol. The summed E-state index contributed by atoms with van der Waals surface area (Å²) in [6.45, 7) is 2.72. The number of fused-ring (bicyclic) bond motifs is 1. The summed E-state index contributed by atoms with van der Waals surface area (Å²) in [5.41, 5.74) is 3.35. The van der Waals surface area contributed by atoms with Crippen LogP contribution in [-0.4, -0.2) is 63.4 Å². The molecule has 9 heteroatoms. The van der Waals surface area contributed by atoms with Crippen LogP contribution in [-0.2, 0) is 0 Å². The maximum Gasteiger partial charge on any atom is 0.320 e. The lowest BCUT2D eigenvalue weighted by Crippen LogP contribution is -2.43. The predicted octanol–water partition coefficient (Wildman–Crippen LogP) is 2.10. The topological polar surface area (TPSA) is 98.8 Å². The number of urea groups is 1. The van der Waals surface area contributed by atoms with E-state index < -0.39 is 18.2 Å². The van der Waals surface area contributed by atoms with Crippen molar-refractivity contribution < 1.29 is 9.18 Å². The Kier molecular flexibility index (Phi) is 4.44. The summed E-state index contributed by atoms with van der Waals surface area (Å²) >= 11 is 0. The molecule has 2 amide bonds. The molecule has 0 saturated carbocycles. The van der Waals surface area contributed by atoms with E-state index in [1.54, 1.807) is 18.5 Å². The van der Waals surface area contributed by atoms with Crippen LogP contribution in [0.5, 0.6) is 0 Å². The van der Waals surface area contributed by atoms with Gasteiger partial charge in [0.25, 0.3) is 0 Å². The minimum absolute atomic E-state index is 0.320. The molecule has 3 aromatic rings. The number of likely N-dealkylation sites (N-methyl/N-ethyl adjacent to an activating group) is 1. The third-order valence-corrected chi connectivity index (χ3v) is 4.61. The molecule has 1 aliphatic rings. The summed E-state index contributed by atoms with van der Waals surface area (Å²) in [5, 5.41) is 13.5. The van der Waals surface area contributed by atoms with Crippen LogP contribution in [0.15, 0.2) is 30.6 Å². The Morgan fingerprint density at radius 1 is 1.33 bits per heavy atom. The Morgan fingerprint density at radius 2 is 2.19 bits per heavy atom. The molecular formula is C18H20FN7O. The van der Waals surface area contributed by atoms with Crippen LogP contribution in [0.1, 0.15) is 5.69 Å². The van der Waals surface area contributed by atoms with Gasteiger partial charge in [-0.3, -0.25) is 15.4 Å². The lowest BCUT2D eigenvalue weighted by Gasteiger charge is -2.14. The number of H-pyrrole nitrogens is 1. The highest BCUT2D eigenvalue weighted by Crippen LogP contribution is 2.27. The standard InChI is InChI=1S/C18H20FN7O/c1-10-5-11(3-4-20-10)17-12-7-21-16(6-14(12)24-25-17)23-18(27)22-15-9-26(2)8-13(15)19/h3-7,13,15H,8-9H2,1-2H3,(H,24,25)(H2,21,22,23,27)/t13-,15-/m1/s1. The predicted molar refractivity (Wildman–Crippen MR) is 100 cm³/mol. The van der Waals surface area contributed by atoms with E-state index in [2.05, 4.69) is 30.8 Å². The SMILES string of the molecule is Cc1cc(-c2n[nH]c3cc(NC(=O)N[C@@H]4CN(C)C[C@H]4F)ncc23)ccn1. The lowest BCUT2D eigenvalue weighted by atomic mass is 10.1. The number of nitrogens with zero attached hydrogens (tertiary/aromatic N) is 4. The van der Waals surface area contributed by atoms with E-state index in [9.17, 15) is 9.18 Å². The summed E-state index contributed by atoms with van der Waals surface area (Å²) in [6.07, 6.45) is 2.31. The quantitative estimate of drug-likeness (QED) is 0.657. The van der Waals surface area contributed by atoms with Gasteiger partial charge in [0, 0.05) is 48.2 Å². The highest BCUT2D eigenvalue weighted by atomic mass is 19.1. The summed E-state index contributed by atoms with van der Waals surface area (Å²) in [4.78, 5) is 22.5. The molecule has 0 bridgehead atoms. The van der Waals surface area contributed by atoms with Crippen LogP contribution in [0, 0.1) is 6.92 Å². The van der Waals surface area contributed by atoms with Gasteiger partial charge in [0.15, 0.2) is 0 Å². The molecule has 0 aliphatic carbocycles. The summed E-state index contributed by atoms with van der Waals surface area (Å²) in [5.74, 6) is 0.364. The Labute approximate surface area is 155 Å². The van der Waals surface area contributed by atoms with E-state index in [0.717, 1.165) is 27.9 Å². The molecule has 3 N–H and O–H groups in total. The average Bonchev–Trinajstić information content (AvgIpc) is 3.17. The maximum atomic E-state index is 13.8. The van der Waals surface area contributed by atoms with Crippen molar-refractivity contribution in [1.82, 2.24) is 30.4 Å². The van der Waals surface area contributed by atoms with Gasteiger partial charge in [-0.1, -0.05) is 0 Å². The molecule has 8 nitrogen and oxygen atoms in total. The first-order valence-corrected chi connectivity index (χ1v) is 8.67. The van der Waals surface area contributed by atoms with Crippen molar-refractivity contribution in [2.45, 2.75) is 19.1 Å². The van der Waals surface area contributed by atoms with Crippen LogP contribution in [0.3, 0.4) is 0 Å². The number of alkyl halides is 1. The molecule has 0 unspecified atom stereocenters. The van der Waals surface area contributed by atoms with Gasteiger partial charge in [-0.05, 0) is 26.1 Å². The first-order chi connectivity index (χ1) is 13.0. The zero-order chi connectivity index (χ0) is 19.0. The second-order valence-electron chi connectivity index (χ2n) is 6.82. The number of aryl methyl sites for hydroxylation is 1.